The molecule has 0 saturated carbocycles. The van der Waals surface area contributed by atoms with Crippen LogP contribution in [0.3, 0.4) is 0 Å². The topological polar surface area (TPSA) is 49.4 Å². The second kappa shape index (κ2) is 12.2. The smallest absolute Gasteiger partial charge is 0.242 e. The predicted octanol–water partition coefficient (Wildman–Crippen LogP) is 4.82. The molecule has 0 aliphatic rings. The van der Waals surface area contributed by atoms with Gasteiger partial charge in [-0.25, -0.2) is 0 Å². The molecule has 162 valence electrons. The van der Waals surface area contributed by atoms with Gasteiger partial charge in [0.05, 0.1) is 0 Å². The number of carbonyl (C=O) groups excluding carboxylic acids is 2. The maximum absolute atomic E-state index is 13.2. The predicted molar refractivity (Wildman–Crippen MR) is 123 cm³/mol. The van der Waals surface area contributed by atoms with E-state index in [1.54, 1.807) is 4.90 Å². The summed E-state index contributed by atoms with van der Waals surface area (Å²) < 4.78 is 0. The molecule has 0 aliphatic heterocycles. The van der Waals surface area contributed by atoms with Crippen LogP contribution in [0.15, 0.2) is 48.5 Å². The molecule has 0 aliphatic carbocycles. The van der Waals surface area contributed by atoms with E-state index in [4.69, 9.17) is 0 Å². The van der Waals surface area contributed by atoms with Gasteiger partial charge in [0.2, 0.25) is 11.8 Å². The molecule has 0 radical (unpaired) electrons. The number of nitrogens with one attached hydrogen (secondary N) is 1. The van der Waals surface area contributed by atoms with Gasteiger partial charge in [0.15, 0.2) is 0 Å². The first kappa shape index (κ1) is 23.7. The summed E-state index contributed by atoms with van der Waals surface area (Å²) in [6, 6.07) is 16.2. The summed E-state index contributed by atoms with van der Waals surface area (Å²) in [4.78, 5) is 27.8. The molecule has 0 fully saturated rings. The number of nitrogens with zero attached hydrogens (tertiary/aromatic N) is 1. The van der Waals surface area contributed by atoms with Gasteiger partial charge in [0, 0.05) is 19.5 Å². The highest BCUT2D eigenvalue weighted by molar-refractivity contribution is 5.87. The molecular weight excluding hydrogens is 372 g/mol. The highest BCUT2D eigenvalue weighted by Crippen LogP contribution is 2.16. The van der Waals surface area contributed by atoms with Crippen LogP contribution in [0.4, 0.5) is 0 Å². The number of amides is 2. The van der Waals surface area contributed by atoms with E-state index in [1.165, 1.54) is 11.1 Å². The average Bonchev–Trinajstić information content (AvgIpc) is 2.77. The van der Waals surface area contributed by atoms with Gasteiger partial charge in [-0.3, -0.25) is 9.59 Å². The lowest BCUT2D eigenvalue weighted by atomic mass is 10.0. The monoisotopic (exact) mass is 408 g/mol. The Morgan fingerprint density at radius 1 is 0.900 bits per heavy atom. The van der Waals surface area contributed by atoms with Crippen molar-refractivity contribution < 1.29 is 9.59 Å². The fourth-order valence-corrected chi connectivity index (χ4v) is 3.51. The molecule has 4 heteroatoms. The molecule has 1 N–H and O–H groups in total. The van der Waals surface area contributed by atoms with Crippen molar-refractivity contribution in [2.75, 3.05) is 6.54 Å². The van der Waals surface area contributed by atoms with Gasteiger partial charge >= 0.3 is 0 Å². The van der Waals surface area contributed by atoms with Gasteiger partial charge in [0.25, 0.3) is 0 Å². The summed E-state index contributed by atoms with van der Waals surface area (Å²) >= 11 is 0. The zero-order chi connectivity index (χ0) is 21.9. The fraction of sp³-hybridized carbons (Fsp3) is 0.462. The Bertz CT molecular complexity index is 797. The standard InChI is InChI=1S/C26H36N2O2/c1-5-18-27-26(30)24(7-3)28(19-23-10-8-20(4)9-11-23)25(29)17-16-22-14-12-21(6-2)13-15-22/h8-15,24H,5-7,16-19H2,1-4H3,(H,27,30). The minimum atomic E-state index is -0.451. The minimum Gasteiger partial charge on any atom is -0.354 e. The van der Waals surface area contributed by atoms with Crippen molar-refractivity contribution >= 4 is 11.8 Å². The summed E-state index contributed by atoms with van der Waals surface area (Å²) in [7, 11) is 0. The Balaban J connectivity index is 2.15. The molecule has 4 nitrogen and oxygen atoms in total. The zero-order valence-corrected chi connectivity index (χ0v) is 18.9. The summed E-state index contributed by atoms with van der Waals surface area (Å²) in [5.74, 6) is -0.0410. The van der Waals surface area contributed by atoms with Crippen molar-refractivity contribution in [3.8, 4) is 0 Å². The van der Waals surface area contributed by atoms with Crippen LogP contribution in [0.25, 0.3) is 0 Å². The first-order chi connectivity index (χ1) is 14.5. The molecule has 1 unspecified atom stereocenters. The van der Waals surface area contributed by atoms with Gasteiger partial charge in [0.1, 0.15) is 6.04 Å². The van der Waals surface area contributed by atoms with Gasteiger partial charge in [-0.1, -0.05) is 74.9 Å². The first-order valence-corrected chi connectivity index (χ1v) is 11.2. The van der Waals surface area contributed by atoms with Crippen molar-refractivity contribution in [1.82, 2.24) is 10.2 Å². The maximum atomic E-state index is 13.2. The SMILES string of the molecule is CCCNC(=O)C(CC)N(Cc1ccc(C)cc1)C(=O)CCc1ccc(CC)cc1. The van der Waals surface area contributed by atoms with Crippen LogP contribution in [-0.2, 0) is 29.0 Å². The minimum absolute atomic E-state index is 0.0219. The van der Waals surface area contributed by atoms with E-state index in [-0.39, 0.29) is 11.8 Å². The van der Waals surface area contributed by atoms with Gasteiger partial charge in [-0.15, -0.1) is 0 Å². The molecule has 0 spiro atoms. The molecule has 1 atom stereocenters. The van der Waals surface area contributed by atoms with Crippen molar-refractivity contribution in [2.45, 2.75) is 72.4 Å². The van der Waals surface area contributed by atoms with Gasteiger partial charge in [-0.05, 0) is 49.3 Å². The lowest BCUT2D eigenvalue weighted by Crippen LogP contribution is -2.49. The van der Waals surface area contributed by atoms with Gasteiger partial charge in [-0.2, -0.15) is 0 Å². The van der Waals surface area contributed by atoms with Gasteiger partial charge < -0.3 is 10.2 Å². The third-order valence-corrected chi connectivity index (χ3v) is 5.47. The van der Waals surface area contributed by atoms with Crippen LogP contribution in [0.5, 0.6) is 0 Å². The normalized spacial score (nSPS) is 11.7. The summed E-state index contributed by atoms with van der Waals surface area (Å²) in [5.41, 5.74) is 4.67. The van der Waals surface area contributed by atoms with Crippen LogP contribution in [-0.4, -0.2) is 29.3 Å². The van der Waals surface area contributed by atoms with Crippen molar-refractivity contribution in [3.63, 3.8) is 0 Å². The number of rotatable bonds is 11. The van der Waals surface area contributed by atoms with E-state index in [1.807, 2.05) is 45.0 Å². The largest absolute Gasteiger partial charge is 0.354 e. The van der Waals surface area contributed by atoms with E-state index in [0.717, 1.165) is 24.0 Å². The van der Waals surface area contributed by atoms with E-state index in [0.29, 0.717) is 32.4 Å². The number of aryl methyl sites for hydroxylation is 3. The van der Waals surface area contributed by atoms with E-state index < -0.39 is 6.04 Å². The summed E-state index contributed by atoms with van der Waals surface area (Å²) in [6.07, 6.45) is 3.56. The molecular formula is C26H36N2O2. The Morgan fingerprint density at radius 2 is 1.50 bits per heavy atom. The second-order valence-corrected chi connectivity index (χ2v) is 7.89. The van der Waals surface area contributed by atoms with Crippen LogP contribution in [0, 0.1) is 6.92 Å². The van der Waals surface area contributed by atoms with E-state index >= 15 is 0 Å². The molecule has 2 aromatic carbocycles. The molecule has 0 bridgehead atoms. The molecule has 2 amide bonds. The van der Waals surface area contributed by atoms with Crippen LogP contribution < -0.4 is 5.32 Å². The van der Waals surface area contributed by atoms with Crippen LogP contribution >= 0.6 is 0 Å². The molecule has 30 heavy (non-hydrogen) atoms. The lowest BCUT2D eigenvalue weighted by Gasteiger charge is -2.31. The molecule has 2 aromatic rings. The van der Waals surface area contributed by atoms with Crippen LogP contribution in [0.1, 0.15) is 62.3 Å². The quantitative estimate of drug-likeness (QED) is 0.579. The maximum Gasteiger partial charge on any atom is 0.242 e. The Hall–Kier alpha value is -2.62. The lowest BCUT2D eigenvalue weighted by molar-refractivity contribution is -0.141. The Labute approximate surface area is 181 Å². The molecule has 0 aromatic heterocycles. The molecule has 2 rings (SSSR count). The number of benzene rings is 2. The molecule has 0 heterocycles. The average molecular weight is 409 g/mol. The number of carbonyl (C=O) groups is 2. The Morgan fingerprint density at radius 3 is 2.07 bits per heavy atom. The highest BCUT2D eigenvalue weighted by atomic mass is 16.2. The van der Waals surface area contributed by atoms with Crippen molar-refractivity contribution in [1.29, 1.82) is 0 Å². The number of hydrogen-bond donors (Lipinski definition) is 1. The third-order valence-electron chi connectivity index (χ3n) is 5.47. The number of hydrogen-bond acceptors (Lipinski definition) is 2. The summed E-state index contributed by atoms with van der Waals surface area (Å²) in [6.45, 7) is 9.26. The first-order valence-electron chi connectivity index (χ1n) is 11.2. The zero-order valence-electron chi connectivity index (χ0n) is 18.9. The Kier molecular flexibility index (Phi) is 9.59. The second-order valence-electron chi connectivity index (χ2n) is 7.89. The van der Waals surface area contributed by atoms with E-state index in [9.17, 15) is 9.59 Å². The van der Waals surface area contributed by atoms with Crippen molar-refractivity contribution in [2.24, 2.45) is 0 Å². The summed E-state index contributed by atoms with van der Waals surface area (Å²) in [5, 5.41) is 2.97. The third kappa shape index (κ3) is 7.01. The van der Waals surface area contributed by atoms with Crippen molar-refractivity contribution in [3.05, 3.63) is 70.8 Å². The highest BCUT2D eigenvalue weighted by Gasteiger charge is 2.28. The molecule has 0 saturated heterocycles. The fourth-order valence-electron chi connectivity index (χ4n) is 3.51. The van der Waals surface area contributed by atoms with E-state index in [2.05, 4.69) is 36.5 Å². The van der Waals surface area contributed by atoms with Crippen LogP contribution in [0.2, 0.25) is 0 Å².